The fourth-order valence-corrected chi connectivity index (χ4v) is 1.56. The van der Waals surface area contributed by atoms with Crippen molar-refractivity contribution in [1.29, 1.82) is 0 Å². The number of ether oxygens (including phenoxy) is 1. The van der Waals surface area contributed by atoms with Crippen molar-refractivity contribution in [2.24, 2.45) is 0 Å². The fourth-order valence-electron chi connectivity index (χ4n) is 1.43. The topological polar surface area (TPSA) is 76.1 Å². The van der Waals surface area contributed by atoms with Crippen LogP contribution in [0.1, 0.15) is 6.92 Å². The molecule has 2 N–H and O–H groups in total. The maximum Gasteiger partial charge on any atom is 0.324 e. The van der Waals surface area contributed by atoms with Crippen LogP contribution < -0.4 is 15.4 Å². The van der Waals surface area contributed by atoms with E-state index >= 15 is 0 Å². The highest BCUT2D eigenvalue weighted by atomic mass is 35.5. The molecule has 2 amide bonds. The monoisotopic (exact) mass is 292 g/mol. The number of urea groups is 1. The van der Waals surface area contributed by atoms with Crippen LogP contribution in [0.3, 0.4) is 0 Å². The number of anilines is 1. The van der Waals surface area contributed by atoms with E-state index in [0.29, 0.717) is 10.8 Å². The maximum atomic E-state index is 11.7. The van der Waals surface area contributed by atoms with Crippen molar-refractivity contribution in [1.82, 2.24) is 15.3 Å². The molecule has 1 aromatic carbocycles. The SMILES string of the molecule is CC(NC(=O)Nc1ncccn1)Oc1ccc(Cl)cc1. The number of benzene rings is 1. The van der Waals surface area contributed by atoms with E-state index in [9.17, 15) is 4.79 Å². The number of carbonyl (C=O) groups excluding carboxylic acids is 1. The Morgan fingerprint density at radius 2 is 1.90 bits per heavy atom. The summed E-state index contributed by atoms with van der Waals surface area (Å²) in [5, 5.41) is 5.72. The number of nitrogens with zero attached hydrogens (tertiary/aromatic N) is 2. The highest BCUT2D eigenvalue weighted by Crippen LogP contribution is 2.16. The second kappa shape index (κ2) is 6.72. The van der Waals surface area contributed by atoms with Gasteiger partial charge in [0.25, 0.3) is 0 Å². The van der Waals surface area contributed by atoms with Gasteiger partial charge in [-0.2, -0.15) is 0 Å². The predicted molar refractivity (Wildman–Crippen MR) is 75.7 cm³/mol. The first-order valence-electron chi connectivity index (χ1n) is 5.90. The Bertz CT molecular complexity index is 562. The van der Waals surface area contributed by atoms with E-state index in [4.69, 9.17) is 16.3 Å². The molecule has 20 heavy (non-hydrogen) atoms. The zero-order valence-corrected chi connectivity index (χ0v) is 11.5. The average molecular weight is 293 g/mol. The number of nitrogens with one attached hydrogen (secondary N) is 2. The number of hydrogen-bond acceptors (Lipinski definition) is 4. The lowest BCUT2D eigenvalue weighted by atomic mass is 10.3. The third kappa shape index (κ3) is 4.40. The molecule has 0 bridgehead atoms. The Kier molecular flexibility index (Phi) is 4.73. The van der Waals surface area contributed by atoms with Gasteiger partial charge in [0, 0.05) is 17.4 Å². The average Bonchev–Trinajstić information content (AvgIpc) is 2.42. The molecule has 1 heterocycles. The minimum atomic E-state index is -0.514. The molecule has 2 aromatic rings. The zero-order chi connectivity index (χ0) is 14.4. The molecule has 1 atom stereocenters. The molecule has 2 rings (SSSR count). The van der Waals surface area contributed by atoms with Crippen molar-refractivity contribution in [2.45, 2.75) is 13.2 Å². The molecular formula is C13H13ClN4O2. The molecule has 6 nitrogen and oxygen atoms in total. The molecule has 7 heteroatoms. The Morgan fingerprint density at radius 3 is 2.55 bits per heavy atom. The molecule has 0 aliphatic heterocycles. The second-order valence-corrected chi connectivity index (χ2v) is 4.32. The van der Waals surface area contributed by atoms with Crippen molar-refractivity contribution in [3.63, 3.8) is 0 Å². The van der Waals surface area contributed by atoms with Crippen molar-refractivity contribution < 1.29 is 9.53 Å². The van der Waals surface area contributed by atoms with Crippen LogP contribution in [-0.2, 0) is 0 Å². The maximum absolute atomic E-state index is 11.7. The van der Waals surface area contributed by atoms with Crippen LogP contribution in [0, 0.1) is 0 Å². The Labute approximate surface area is 121 Å². The molecule has 0 saturated heterocycles. The van der Waals surface area contributed by atoms with Gasteiger partial charge in [-0.3, -0.25) is 5.32 Å². The Balaban J connectivity index is 1.83. The van der Waals surface area contributed by atoms with Crippen LogP contribution in [0.2, 0.25) is 5.02 Å². The summed E-state index contributed by atoms with van der Waals surface area (Å²) >= 11 is 5.77. The van der Waals surface area contributed by atoms with Gasteiger partial charge in [0.2, 0.25) is 5.95 Å². The van der Waals surface area contributed by atoms with E-state index in [1.165, 1.54) is 12.4 Å². The zero-order valence-electron chi connectivity index (χ0n) is 10.7. The van der Waals surface area contributed by atoms with Gasteiger partial charge in [-0.25, -0.2) is 14.8 Å². The predicted octanol–water partition coefficient (Wildman–Crippen LogP) is 2.68. The van der Waals surface area contributed by atoms with Crippen LogP contribution in [0.4, 0.5) is 10.7 Å². The van der Waals surface area contributed by atoms with Crippen molar-refractivity contribution in [2.75, 3.05) is 5.32 Å². The first-order valence-corrected chi connectivity index (χ1v) is 6.28. The normalized spacial score (nSPS) is 11.5. The highest BCUT2D eigenvalue weighted by Gasteiger charge is 2.09. The minimum absolute atomic E-state index is 0.226. The molecule has 0 fully saturated rings. The molecule has 0 aliphatic carbocycles. The molecule has 0 aliphatic rings. The van der Waals surface area contributed by atoms with Gasteiger partial charge >= 0.3 is 6.03 Å². The number of carbonyl (C=O) groups is 1. The van der Waals surface area contributed by atoms with E-state index in [2.05, 4.69) is 20.6 Å². The van der Waals surface area contributed by atoms with Gasteiger partial charge in [0.15, 0.2) is 6.23 Å². The number of halogens is 1. The Morgan fingerprint density at radius 1 is 1.25 bits per heavy atom. The highest BCUT2D eigenvalue weighted by molar-refractivity contribution is 6.30. The molecule has 0 saturated carbocycles. The van der Waals surface area contributed by atoms with E-state index < -0.39 is 12.3 Å². The second-order valence-electron chi connectivity index (χ2n) is 3.88. The van der Waals surface area contributed by atoms with E-state index in [0.717, 1.165) is 0 Å². The molecule has 1 aromatic heterocycles. The smallest absolute Gasteiger partial charge is 0.324 e. The third-order valence-corrected chi connectivity index (χ3v) is 2.50. The lowest BCUT2D eigenvalue weighted by Gasteiger charge is -2.16. The Hall–Kier alpha value is -2.34. The summed E-state index contributed by atoms with van der Waals surface area (Å²) in [5.41, 5.74) is 0. The van der Waals surface area contributed by atoms with Crippen LogP contribution in [0.5, 0.6) is 5.75 Å². The number of hydrogen-bond donors (Lipinski definition) is 2. The van der Waals surface area contributed by atoms with Gasteiger partial charge in [0.1, 0.15) is 5.75 Å². The summed E-state index contributed by atoms with van der Waals surface area (Å²) in [7, 11) is 0. The number of aromatic nitrogens is 2. The summed E-state index contributed by atoms with van der Waals surface area (Å²) < 4.78 is 5.51. The molecule has 0 spiro atoms. The van der Waals surface area contributed by atoms with Gasteiger partial charge < -0.3 is 10.1 Å². The lowest BCUT2D eigenvalue weighted by Crippen LogP contribution is -2.39. The van der Waals surface area contributed by atoms with E-state index in [1.54, 1.807) is 37.3 Å². The molecule has 0 radical (unpaired) electrons. The van der Waals surface area contributed by atoms with Gasteiger partial charge in [-0.05, 0) is 37.3 Å². The minimum Gasteiger partial charge on any atom is -0.471 e. The van der Waals surface area contributed by atoms with Crippen molar-refractivity contribution >= 4 is 23.6 Å². The summed E-state index contributed by atoms with van der Waals surface area (Å²) in [6, 6.07) is 8.08. The van der Waals surface area contributed by atoms with Crippen molar-refractivity contribution in [3.8, 4) is 5.75 Å². The summed E-state index contributed by atoms with van der Waals surface area (Å²) in [6.07, 6.45) is 2.56. The summed E-state index contributed by atoms with van der Waals surface area (Å²) in [4.78, 5) is 19.4. The standard InChI is InChI=1S/C13H13ClN4O2/c1-9(20-11-5-3-10(14)4-6-11)17-13(19)18-12-15-7-2-8-16-12/h2-9H,1H3,(H2,15,16,17,18,19). The summed E-state index contributed by atoms with van der Waals surface area (Å²) in [6.45, 7) is 1.71. The first-order chi connectivity index (χ1) is 9.63. The van der Waals surface area contributed by atoms with Crippen LogP contribution in [0.25, 0.3) is 0 Å². The molecular weight excluding hydrogens is 280 g/mol. The third-order valence-electron chi connectivity index (χ3n) is 2.25. The quantitative estimate of drug-likeness (QED) is 0.850. The van der Waals surface area contributed by atoms with Crippen LogP contribution in [0.15, 0.2) is 42.7 Å². The van der Waals surface area contributed by atoms with Gasteiger partial charge in [-0.15, -0.1) is 0 Å². The largest absolute Gasteiger partial charge is 0.471 e. The van der Waals surface area contributed by atoms with Crippen LogP contribution in [-0.4, -0.2) is 22.2 Å². The first kappa shape index (κ1) is 14.1. The lowest BCUT2D eigenvalue weighted by molar-refractivity contribution is 0.183. The molecule has 104 valence electrons. The van der Waals surface area contributed by atoms with Gasteiger partial charge in [0.05, 0.1) is 0 Å². The molecule has 1 unspecified atom stereocenters. The summed E-state index contributed by atoms with van der Waals surface area (Å²) in [5.74, 6) is 0.835. The number of rotatable bonds is 4. The van der Waals surface area contributed by atoms with Crippen molar-refractivity contribution in [3.05, 3.63) is 47.7 Å². The van der Waals surface area contributed by atoms with Gasteiger partial charge in [-0.1, -0.05) is 11.6 Å². The van der Waals surface area contributed by atoms with E-state index in [-0.39, 0.29) is 5.95 Å². The fraction of sp³-hybridized carbons (Fsp3) is 0.154. The number of amides is 2. The van der Waals surface area contributed by atoms with E-state index in [1.807, 2.05) is 0 Å². The van der Waals surface area contributed by atoms with Crippen LogP contribution >= 0.6 is 11.6 Å².